The van der Waals surface area contributed by atoms with Gasteiger partial charge in [-0.25, -0.2) is 0 Å². The van der Waals surface area contributed by atoms with Crippen molar-refractivity contribution in [3.8, 4) is 0 Å². The molecular formula is C18H15NO2. The Bertz CT molecular complexity index is 764. The number of benzene rings is 2. The molecule has 0 spiro atoms. The van der Waals surface area contributed by atoms with E-state index in [1.807, 2.05) is 12.1 Å². The summed E-state index contributed by atoms with van der Waals surface area (Å²) in [7, 11) is 0. The Morgan fingerprint density at radius 2 is 1.76 bits per heavy atom. The van der Waals surface area contributed by atoms with Crippen LogP contribution in [-0.4, -0.2) is 11.7 Å². The number of amides is 1. The highest BCUT2D eigenvalue weighted by Gasteiger charge is 2.35. The second-order valence-corrected chi connectivity index (χ2v) is 5.69. The lowest BCUT2D eigenvalue weighted by Crippen LogP contribution is -2.29. The first kappa shape index (κ1) is 12.3. The zero-order chi connectivity index (χ0) is 14.4. The lowest BCUT2D eigenvalue weighted by Gasteiger charge is -2.17. The van der Waals surface area contributed by atoms with Crippen molar-refractivity contribution in [2.75, 3.05) is 4.90 Å². The molecule has 3 nitrogen and oxygen atoms in total. The van der Waals surface area contributed by atoms with Crippen LogP contribution in [0.3, 0.4) is 0 Å². The molecule has 1 amide bonds. The van der Waals surface area contributed by atoms with Crippen LogP contribution in [0.25, 0.3) is 0 Å². The van der Waals surface area contributed by atoms with Gasteiger partial charge in [-0.15, -0.1) is 0 Å². The van der Waals surface area contributed by atoms with Crippen molar-refractivity contribution in [1.82, 2.24) is 0 Å². The summed E-state index contributed by atoms with van der Waals surface area (Å²) in [6, 6.07) is 13.6. The molecule has 104 valence electrons. The molecule has 2 aliphatic rings. The van der Waals surface area contributed by atoms with E-state index in [1.54, 1.807) is 17.0 Å². The van der Waals surface area contributed by atoms with Gasteiger partial charge in [0.2, 0.25) is 0 Å². The van der Waals surface area contributed by atoms with Gasteiger partial charge in [-0.1, -0.05) is 30.3 Å². The van der Waals surface area contributed by atoms with Crippen molar-refractivity contribution in [3.05, 3.63) is 64.7 Å². The third-order valence-corrected chi connectivity index (χ3v) is 4.38. The normalized spacial score (nSPS) is 16.3. The van der Waals surface area contributed by atoms with Gasteiger partial charge < -0.3 is 4.90 Å². The smallest absolute Gasteiger partial charge is 0.299 e. The number of hydrogen-bond acceptors (Lipinski definition) is 2. The quantitative estimate of drug-likeness (QED) is 0.791. The summed E-state index contributed by atoms with van der Waals surface area (Å²) in [6.45, 7) is 0.467. The molecule has 0 saturated carbocycles. The Kier molecular flexibility index (Phi) is 2.67. The molecule has 0 bridgehead atoms. The number of anilines is 1. The highest BCUT2D eigenvalue weighted by molar-refractivity contribution is 6.52. The Balaban J connectivity index is 1.68. The van der Waals surface area contributed by atoms with Crippen LogP contribution in [-0.2, 0) is 24.2 Å². The largest absolute Gasteiger partial charge is 0.300 e. The van der Waals surface area contributed by atoms with E-state index < -0.39 is 11.7 Å². The molecule has 4 rings (SSSR count). The van der Waals surface area contributed by atoms with E-state index >= 15 is 0 Å². The minimum atomic E-state index is -0.420. The molecule has 2 aromatic rings. The summed E-state index contributed by atoms with van der Waals surface area (Å²) in [5, 5.41) is 0. The minimum Gasteiger partial charge on any atom is -0.300 e. The van der Waals surface area contributed by atoms with Crippen molar-refractivity contribution in [3.63, 3.8) is 0 Å². The van der Waals surface area contributed by atoms with Gasteiger partial charge in [0, 0.05) is 0 Å². The van der Waals surface area contributed by atoms with Crippen LogP contribution in [0.5, 0.6) is 0 Å². The number of nitrogens with zero attached hydrogens (tertiary/aromatic N) is 1. The first-order valence-corrected chi connectivity index (χ1v) is 7.30. The summed E-state index contributed by atoms with van der Waals surface area (Å²) in [5.74, 6) is -0.816. The van der Waals surface area contributed by atoms with Crippen molar-refractivity contribution in [2.24, 2.45) is 0 Å². The lowest BCUT2D eigenvalue weighted by molar-refractivity contribution is -0.114. The molecule has 0 atom stereocenters. The van der Waals surface area contributed by atoms with Crippen LogP contribution in [0.15, 0.2) is 42.5 Å². The molecule has 0 fully saturated rings. The first-order chi connectivity index (χ1) is 10.2. The molecule has 0 N–H and O–H groups in total. The fraction of sp³-hybridized carbons (Fsp3) is 0.222. The van der Waals surface area contributed by atoms with E-state index in [1.165, 1.54) is 17.5 Å². The number of para-hydroxylation sites is 1. The van der Waals surface area contributed by atoms with Crippen LogP contribution in [0.4, 0.5) is 5.69 Å². The molecule has 1 aliphatic heterocycles. The Morgan fingerprint density at radius 1 is 0.952 bits per heavy atom. The number of aryl methyl sites for hydroxylation is 2. The van der Waals surface area contributed by atoms with Gasteiger partial charge in [-0.2, -0.15) is 0 Å². The second kappa shape index (κ2) is 4.55. The van der Waals surface area contributed by atoms with E-state index in [0.717, 1.165) is 24.1 Å². The molecule has 0 saturated heterocycles. The van der Waals surface area contributed by atoms with Crippen LogP contribution in [0.2, 0.25) is 0 Å². The molecule has 2 aromatic carbocycles. The SMILES string of the molecule is O=C1C(=O)N(Cc2ccc3c(c2)CCC3)c2ccccc21. The maximum absolute atomic E-state index is 12.2. The Labute approximate surface area is 123 Å². The predicted octanol–water partition coefficient (Wildman–Crippen LogP) is 2.90. The van der Waals surface area contributed by atoms with Crippen LogP contribution >= 0.6 is 0 Å². The summed E-state index contributed by atoms with van der Waals surface area (Å²) < 4.78 is 0. The van der Waals surface area contributed by atoms with E-state index in [0.29, 0.717) is 12.1 Å². The van der Waals surface area contributed by atoms with Gasteiger partial charge in [0.25, 0.3) is 11.7 Å². The summed E-state index contributed by atoms with van der Waals surface area (Å²) in [4.78, 5) is 25.8. The number of rotatable bonds is 2. The minimum absolute atomic E-state index is 0.397. The Hall–Kier alpha value is -2.42. The topological polar surface area (TPSA) is 37.4 Å². The van der Waals surface area contributed by atoms with E-state index in [4.69, 9.17) is 0 Å². The number of hydrogen-bond donors (Lipinski definition) is 0. The van der Waals surface area contributed by atoms with Crippen molar-refractivity contribution in [1.29, 1.82) is 0 Å². The number of carbonyl (C=O) groups is 2. The molecule has 3 heteroatoms. The fourth-order valence-electron chi connectivity index (χ4n) is 3.31. The molecule has 1 heterocycles. The van der Waals surface area contributed by atoms with Crippen LogP contribution < -0.4 is 4.90 Å². The number of Topliss-reactive ketones (excluding diaryl/α,β-unsaturated/α-hetero) is 1. The van der Waals surface area contributed by atoms with Crippen molar-refractivity contribution >= 4 is 17.4 Å². The second-order valence-electron chi connectivity index (χ2n) is 5.69. The van der Waals surface area contributed by atoms with Crippen LogP contribution in [0, 0.1) is 0 Å². The summed E-state index contributed by atoms with van der Waals surface area (Å²) in [5.41, 5.74) is 5.15. The molecular weight excluding hydrogens is 262 g/mol. The average molecular weight is 277 g/mol. The number of ketones is 1. The average Bonchev–Trinajstić information content (AvgIpc) is 3.06. The lowest BCUT2D eigenvalue weighted by atomic mass is 10.1. The number of carbonyl (C=O) groups excluding carboxylic acids is 2. The predicted molar refractivity (Wildman–Crippen MR) is 80.4 cm³/mol. The van der Waals surface area contributed by atoms with E-state index in [-0.39, 0.29) is 0 Å². The number of fused-ring (bicyclic) bond motifs is 2. The van der Waals surface area contributed by atoms with Gasteiger partial charge in [0.1, 0.15) is 0 Å². The zero-order valence-electron chi connectivity index (χ0n) is 11.6. The molecule has 0 radical (unpaired) electrons. The van der Waals surface area contributed by atoms with E-state index in [2.05, 4.69) is 18.2 Å². The zero-order valence-corrected chi connectivity index (χ0v) is 11.6. The maximum Gasteiger partial charge on any atom is 0.299 e. The van der Waals surface area contributed by atoms with Gasteiger partial charge in [0.05, 0.1) is 17.8 Å². The van der Waals surface area contributed by atoms with Gasteiger partial charge in [0.15, 0.2) is 0 Å². The highest BCUT2D eigenvalue weighted by Crippen LogP contribution is 2.31. The third-order valence-electron chi connectivity index (χ3n) is 4.38. The molecule has 1 aliphatic carbocycles. The summed E-state index contributed by atoms with van der Waals surface area (Å²) in [6.07, 6.45) is 3.48. The first-order valence-electron chi connectivity index (χ1n) is 7.30. The monoisotopic (exact) mass is 277 g/mol. The van der Waals surface area contributed by atoms with Gasteiger partial charge >= 0.3 is 0 Å². The van der Waals surface area contributed by atoms with E-state index in [9.17, 15) is 9.59 Å². The fourth-order valence-corrected chi connectivity index (χ4v) is 3.31. The van der Waals surface area contributed by atoms with Crippen molar-refractivity contribution < 1.29 is 9.59 Å². The molecule has 0 aromatic heterocycles. The van der Waals surface area contributed by atoms with Crippen LogP contribution in [0.1, 0.15) is 33.5 Å². The third kappa shape index (κ3) is 1.88. The summed E-state index contributed by atoms with van der Waals surface area (Å²) >= 11 is 0. The highest BCUT2D eigenvalue weighted by atomic mass is 16.2. The standard InChI is InChI=1S/C18H15NO2/c20-17-15-6-1-2-7-16(15)19(18(17)21)11-12-8-9-13-4-3-5-14(13)10-12/h1-2,6-10H,3-5,11H2. The Morgan fingerprint density at radius 3 is 2.67 bits per heavy atom. The molecule has 21 heavy (non-hydrogen) atoms. The van der Waals surface area contributed by atoms with Gasteiger partial charge in [-0.3, -0.25) is 9.59 Å². The van der Waals surface area contributed by atoms with Crippen molar-refractivity contribution in [2.45, 2.75) is 25.8 Å². The molecule has 0 unspecified atom stereocenters. The maximum atomic E-state index is 12.2. The van der Waals surface area contributed by atoms with Gasteiger partial charge in [-0.05, 0) is 48.1 Å².